The van der Waals surface area contributed by atoms with Crippen LogP contribution in [0.1, 0.15) is 84.3 Å². The standard InChI is InChI=1S/C26H44N2O4/c1-6-19(2)17-23(32-5)18-24(29)27-16-12-8-9-13-20(3)26(31)28-21(4)25(30)22-14-10-7-11-15-22/h7,10-11,14-15,19-21,23,25,30H,6,8-9,12-13,16-18H2,1-5H3,(H,27,29)(H,28,31). The highest BCUT2D eigenvalue weighted by Gasteiger charge is 2.21. The summed E-state index contributed by atoms with van der Waals surface area (Å²) in [5, 5.41) is 16.3. The van der Waals surface area contributed by atoms with Crippen LogP contribution in [0.4, 0.5) is 0 Å². The average molecular weight is 449 g/mol. The van der Waals surface area contributed by atoms with Crippen molar-refractivity contribution < 1.29 is 19.4 Å². The molecule has 2 amide bonds. The van der Waals surface area contributed by atoms with Crippen molar-refractivity contribution in [2.45, 2.75) is 90.9 Å². The van der Waals surface area contributed by atoms with Gasteiger partial charge in [0.05, 0.1) is 24.7 Å². The molecule has 182 valence electrons. The number of aliphatic hydroxyl groups excluding tert-OH is 1. The number of amides is 2. The van der Waals surface area contributed by atoms with E-state index in [-0.39, 0.29) is 29.9 Å². The van der Waals surface area contributed by atoms with E-state index in [0.717, 1.165) is 44.1 Å². The van der Waals surface area contributed by atoms with Crippen molar-refractivity contribution in [2.24, 2.45) is 11.8 Å². The Kier molecular flexibility index (Phi) is 13.9. The summed E-state index contributed by atoms with van der Waals surface area (Å²) in [5.74, 6) is 0.445. The first-order valence-electron chi connectivity index (χ1n) is 12.1. The van der Waals surface area contributed by atoms with E-state index in [4.69, 9.17) is 4.74 Å². The van der Waals surface area contributed by atoms with E-state index in [1.807, 2.05) is 44.2 Å². The number of benzene rings is 1. The normalized spacial score (nSPS) is 15.9. The van der Waals surface area contributed by atoms with Gasteiger partial charge in [-0.1, -0.05) is 70.4 Å². The van der Waals surface area contributed by atoms with Gasteiger partial charge in [0, 0.05) is 19.6 Å². The molecule has 3 N–H and O–H groups in total. The molecule has 5 atom stereocenters. The second-order valence-electron chi connectivity index (χ2n) is 9.06. The number of methoxy groups -OCH3 is 1. The Morgan fingerprint density at radius 1 is 1.06 bits per heavy atom. The highest BCUT2D eigenvalue weighted by molar-refractivity contribution is 5.78. The summed E-state index contributed by atoms with van der Waals surface area (Å²) in [7, 11) is 1.67. The fourth-order valence-corrected chi connectivity index (χ4v) is 3.65. The molecule has 0 aliphatic carbocycles. The average Bonchev–Trinajstić information content (AvgIpc) is 2.80. The Balaban J connectivity index is 2.19. The molecule has 0 aliphatic heterocycles. The lowest BCUT2D eigenvalue weighted by atomic mass is 9.99. The Morgan fingerprint density at radius 2 is 1.75 bits per heavy atom. The highest BCUT2D eigenvalue weighted by Crippen LogP contribution is 2.18. The smallest absolute Gasteiger partial charge is 0.223 e. The molecule has 0 spiro atoms. The van der Waals surface area contributed by atoms with Gasteiger partial charge in [-0.2, -0.15) is 0 Å². The molecule has 6 heteroatoms. The Hall–Kier alpha value is -1.92. The van der Waals surface area contributed by atoms with Gasteiger partial charge in [-0.15, -0.1) is 0 Å². The SMILES string of the molecule is CCC(C)CC(CC(=O)NCCCCCC(C)C(=O)NC(C)C(O)c1ccccc1)OC. The first-order chi connectivity index (χ1) is 15.3. The molecule has 0 radical (unpaired) electrons. The summed E-state index contributed by atoms with van der Waals surface area (Å²) < 4.78 is 5.44. The molecule has 1 rings (SSSR count). The van der Waals surface area contributed by atoms with Gasteiger partial charge in [-0.3, -0.25) is 9.59 Å². The first kappa shape index (κ1) is 28.1. The number of ether oxygens (including phenoxy) is 1. The number of aliphatic hydroxyl groups is 1. The molecule has 32 heavy (non-hydrogen) atoms. The summed E-state index contributed by atoms with van der Waals surface area (Å²) in [5.41, 5.74) is 0.798. The van der Waals surface area contributed by atoms with Gasteiger partial charge in [0.1, 0.15) is 0 Å². The minimum absolute atomic E-state index is 0.0212. The zero-order valence-corrected chi connectivity index (χ0v) is 20.6. The summed E-state index contributed by atoms with van der Waals surface area (Å²) in [6, 6.07) is 9.02. The quantitative estimate of drug-likeness (QED) is 0.328. The second kappa shape index (κ2) is 15.8. The van der Waals surface area contributed by atoms with Gasteiger partial charge < -0.3 is 20.5 Å². The molecule has 6 nitrogen and oxygen atoms in total. The van der Waals surface area contributed by atoms with Crippen LogP contribution >= 0.6 is 0 Å². The van der Waals surface area contributed by atoms with Crippen LogP contribution < -0.4 is 10.6 Å². The van der Waals surface area contributed by atoms with E-state index in [0.29, 0.717) is 18.9 Å². The lowest BCUT2D eigenvalue weighted by molar-refractivity contribution is -0.126. The predicted octanol–water partition coefficient (Wildman–Crippen LogP) is 4.38. The van der Waals surface area contributed by atoms with Crippen molar-refractivity contribution in [2.75, 3.05) is 13.7 Å². The lowest BCUT2D eigenvalue weighted by Gasteiger charge is -2.22. The third-order valence-electron chi connectivity index (χ3n) is 6.18. The summed E-state index contributed by atoms with van der Waals surface area (Å²) >= 11 is 0. The largest absolute Gasteiger partial charge is 0.386 e. The van der Waals surface area contributed by atoms with Gasteiger partial charge in [-0.25, -0.2) is 0 Å². The Morgan fingerprint density at radius 3 is 2.38 bits per heavy atom. The van der Waals surface area contributed by atoms with E-state index in [2.05, 4.69) is 24.5 Å². The van der Waals surface area contributed by atoms with Crippen molar-refractivity contribution in [3.8, 4) is 0 Å². The fraction of sp³-hybridized carbons (Fsp3) is 0.692. The van der Waals surface area contributed by atoms with Crippen LogP contribution in [0.25, 0.3) is 0 Å². The molecular weight excluding hydrogens is 404 g/mol. The molecule has 1 aromatic carbocycles. The van der Waals surface area contributed by atoms with Crippen molar-refractivity contribution in [1.29, 1.82) is 0 Å². The summed E-state index contributed by atoms with van der Waals surface area (Å²) in [6.45, 7) is 8.72. The molecule has 5 unspecified atom stereocenters. The number of carbonyl (C=O) groups is 2. The van der Waals surface area contributed by atoms with Crippen molar-refractivity contribution in [3.63, 3.8) is 0 Å². The van der Waals surface area contributed by atoms with Crippen molar-refractivity contribution >= 4 is 11.8 Å². The van der Waals surface area contributed by atoms with E-state index >= 15 is 0 Å². The highest BCUT2D eigenvalue weighted by atomic mass is 16.5. The van der Waals surface area contributed by atoms with Crippen LogP contribution in [0.3, 0.4) is 0 Å². The summed E-state index contributed by atoms with van der Waals surface area (Å²) in [6.07, 6.45) is 5.22. The van der Waals surface area contributed by atoms with Crippen LogP contribution in [0, 0.1) is 11.8 Å². The number of hydrogen-bond acceptors (Lipinski definition) is 4. The van der Waals surface area contributed by atoms with Gasteiger partial charge in [0.15, 0.2) is 0 Å². The molecule has 0 saturated carbocycles. The van der Waals surface area contributed by atoms with Gasteiger partial charge in [0.25, 0.3) is 0 Å². The third-order valence-corrected chi connectivity index (χ3v) is 6.18. The van der Waals surface area contributed by atoms with E-state index in [1.54, 1.807) is 7.11 Å². The zero-order chi connectivity index (χ0) is 23.9. The molecule has 0 saturated heterocycles. The number of carbonyl (C=O) groups excluding carboxylic acids is 2. The minimum atomic E-state index is -0.723. The maximum atomic E-state index is 12.4. The number of rotatable bonds is 16. The van der Waals surface area contributed by atoms with Crippen molar-refractivity contribution in [3.05, 3.63) is 35.9 Å². The topological polar surface area (TPSA) is 87.7 Å². The number of nitrogens with one attached hydrogen (secondary N) is 2. The van der Waals surface area contributed by atoms with Gasteiger partial charge in [0.2, 0.25) is 11.8 Å². The molecule has 0 fully saturated rings. The van der Waals surface area contributed by atoms with Crippen LogP contribution in [-0.4, -0.2) is 42.7 Å². The van der Waals surface area contributed by atoms with E-state index in [9.17, 15) is 14.7 Å². The maximum absolute atomic E-state index is 12.4. The number of hydrogen-bond donors (Lipinski definition) is 3. The molecular formula is C26H44N2O4. The predicted molar refractivity (Wildman–Crippen MR) is 129 cm³/mol. The third kappa shape index (κ3) is 11.1. The molecule has 0 heterocycles. The molecule has 1 aromatic rings. The van der Waals surface area contributed by atoms with E-state index in [1.165, 1.54) is 0 Å². The summed E-state index contributed by atoms with van der Waals surface area (Å²) in [4.78, 5) is 24.5. The first-order valence-corrected chi connectivity index (χ1v) is 12.1. The molecule has 0 aliphatic rings. The minimum Gasteiger partial charge on any atom is -0.386 e. The van der Waals surface area contributed by atoms with E-state index < -0.39 is 6.10 Å². The lowest BCUT2D eigenvalue weighted by Crippen LogP contribution is -2.39. The Labute approximate surface area is 194 Å². The zero-order valence-electron chi connectivity index (χ0n) is 20.6. The van der Waals surface area contributed by atoms with Crippen LogP contribution in [-0.2, 0) is 14.3 Å². The van der Waals surface area contributed by atoms with Crippen molar-refractivity contribution in [1.82, 2.24) is 10.6 Å². The second-order valence-corrected chi connectivity index (χ2v) is 9.06. The molecule has 0 bridgehead atoms. The molecule has 0 aromatic heterocycles. The van der Waals surface area contributed by atoms with Crippen LogP contribution in [0.15, 0.2) is 30.3 Å². The van der Waals surface area contributed by atoms with Crippen LogP contribution in [0.5, 0.6) is 0 Å². The monoisotopic (exact) mass is 448 g/mol. The Bertz CT molecular complexity index is 652. The fourth-order valence-electron chi connectivity index (χ4n) is 3.65. The van der Waals surface area contributed by atoms with Gasteiger partial charge in [-0.05, 0) is 37.7 Å². The maximum Gasteiger partial charge on any atom is 0.223 e. The van der Waals surface area contributed by atoms with Crippen LogP contribution in [0.2, 0.25) is 0 Å². The number of unbranched alkanes of at least 4 members (excludes halogenated alkanes) is 2. The van der Waals surface area contributed by atoms with Gasteiger partial charge >= 0.3 is 0 Å².